The molecule has 154 valence electrons. The maximum absolute atomic E-state index is 12.5. The SMILES string of the molecule is Cc1c[nH]cc1C1CCN(CCc2cc3c4c(c2)C(C)(C)CC(=O)N4CC3)CC1. The van der Waals surface area contributed by atoms with Crippen LogP contribution in [0.2, 0.25) is 0 Å². The van der Waals surface area contributed by atoms with Crippen LogP contribution in [0.1, 0.15) is 66.8 Å². The molecule has 0 aliphatic carbocycles. The second-order valence-corrected chi connectivity index (χ2v) is 9.97. The molecule has 0 unspecified atom stereocenters. The van der Waals surface area contributed by atoms with E-state index in [9.17, 15) is 4.79 Å². The fraction of sp³-hybridized carbons (Fsp3) is 0.560. The Kier molecular flexibility index (Phi) is 4.58. The van der Waals surface area contributed by atoms with Gasteiger partial charge in [-0.05, 0) is 79.4 Å². The summed E-state index contributed by atoms with van der Waals surface area (Å²) in [5.41, 5.74) is 8.34. The molecule has 29 heavy (non-hydrogen) atoms. The van der Waals surface area contributed by atoms with Crippen LogP contribution in [-0.2, 0) is 23.1 Å². The van der Waals surface area contributed by atoms with Crippen molar-refractivity contribution in [3.05, 3.63) is 52.3 Å². The highest BCUT2D eigenvalue weighted by Crippen LogP contribution is 2.45. The van der Waals surface area contributed by atoms with Gasteiger partial charge >= 0.3 is 0 Å². The van der Waals surface area contributed by atoms with Gasteiger partial charge in [0.25, 0.3) is 0 Å². The van der Waals surface area contributed by atoms with Crippen LogP contribution in [0.15, 0.2) is 24.5 Å². The Morgan fingerprint density at radius 3 is 2.66 bits per heavy atom. The monoisotopic (exact) mass is 391 g/mol. The number of anilines is 1. The number of nitrogens with zero attached hydrogens (tertiary/aromatic N) is 2. The zero-order chi connectivity index (χ0) is 20.2. The lowest BCUT2D eigenvalue weighted by atomic mass is 9.76. The first-order valence-corrected chi connectivity index (χ1v) is 11.2. The highest BCUT2D eigenvalue weighted by atomic mass is 16.2. The Labute approximate surface area is 174 Å². The third-order valence-corrected chi connectivity index (χ3v) is 7.48. The van der Waals surface area contributed by atoms with Crippen molar-refractivity contribution in [3.8, 4) is 0 Å². The lowest BCUT2D eigenvalue weighted by molar-refractivity contribution is -0.120. The molecule has 0 atom stereocenters. The molecule has 3 aliphatic rings. The van der Waals surface area contributed by atoms with Crippen molar-refractivity contribution >= 4 is 11.6 Å². The molecule has 2 aromatic rings. The number of H-pyrrole nitrogens is 1. The summed E-state index contributed by atoms with van der Waals surface area (Å²) in [6.07, 6.45) is 9.60. The molecule has 4 heteroatoms. The summed E-state index contributed by atoms with van der Waals surface area (Å²) in [6.45, 7) is 11.1. The van der Waals surface area contributed by atoms with Crippen LogP contribution in [0.25, 0.3) is 0 Å². The molecule has 3 aliphatic heterocycles. The first-order chi connectivity index (χ1) is 13.9. The van der Waals surface area contributed by atoms with Crippen LogP contribution < -0.4 is 4.90 Å². The Hall–Kier alpha value is -2.07. The number of hydrogen-bond donors (Lipinski definition) is 1. The molecule has 1 fully saturated rings. The van der Waals surface area contributed by atoms with Crippen LogP contribution >= 0.6 is 0 Å². The Balaban J connectivity index is 1.26. The van der Waals surface area contributed by atoms with E-state index in [1.807, 2.05) is 4.90 Å². The fourth-order valence-electron chi connectivity index (χ4n) is 5.74. The van der Waals surface area contributed by atoms with E-state index >= 15 is 0 Å². The van der Waals surface area contributed by atoms with Gasteiger partial charge in [-0.25, -0.2) is 0 Å². The number of hydrogen-bond acceptors (Lipinski definition) is 2. The molecule has 1 amide bonds. The normalized spacial score (nSPS) is 21.6. The predicted octanol–water partition coefficient (Wildman–Crippen LogP) is 4.32. The Bertz CT molecular complexity index is 934. The molecule has 5 rings (SSSR count). The summed E-state index contributed by atoms with van der Waals surface area (Å²) >= 11 is 0. The Morgan fingerprint density at radius 2 is 1.93 bits per heavy atom. The highest BCUT2D eigenvalue weighted by molar-refractivity contribution is 6.00. The van der Waals surface area contributed by atoms with E-state index in [1.165, 1.54) is 59.4 Å². The lowest BCUT2D eigenvalue weighted by Crippen LogP contribution is -2.40. The van der Waals surface area contributed by atoms with E-state index in [1.54, 1.807) is 0 Å². The topological polar surface area (TPSA) is 39.3 Å². The van der Waals surface area contributed by atoms with Crippen molar-refractivity contribution in [3.63, 3.8) is 0 Å². The third-order valence-electron chi connectivity index (χ3n) is 7.48. The summed E-state index contributed by atoms with van der Waals surface area (Å²) < 4.78 is 0. The maximum atomic E-state index is 12.5. The van der Waals surface area contributed by atoms with Crippen LogP contribution in [0.3, 0.4) is 0 Å². The summed E-state index contributed by atoms with van der Waals surface area (Å²) in [5, 5.41) is 0. The number of benzene rings is 1. The molecule has 4 heterocycles. The fourth-order valence-corrected chi connectivity index (χ4v) is 5.74. The molecule has 4 nitrogen and oxygen atoms in total. The molecule has 1 aromatic carbocycles. The van der Waals surface area contributed by atoms with Gasteiger partial charge in [-0.1, -0.05) is 26.0 Å². The van der Waals surface area contributed by atoms with Crippen LogP contribution in [0.5, 0.6) is 0 Å². The van der Waals surface area contributed by atoms with Gasteiger partial charge in [0.2, 0.25) is 5.91 Å². The van der Waals surface area contributed by atoms with Crippen molar-refractivity contribution < 1.29 is 4.79 Å². The minimum absolute atomic E-state index is 0.0508. The average Bonchev–Trinajstić information content (AvgIpc) is 3.31. The Morgan fingerprint density at radius 1 is 1.14 bits per heavy atom. The number of rotatable bonds is 4. The maximum Gasteiger partial charge on any atom is 0.227 e. The summed E-state index contributed by atoms with van der Waals surface area (Å²) in [5.74, 6) is 1.01. The van der Waals surface area contributed by atoms with E-state index in [0.29, 0.717) is 18.2 Å². The van der Waals surface area contributed by atoms with Crippen molar-refractivity contribution in [2.75, 3.05) is 31.1 Å². The van der Waals surface area contributed by atoms with Gasteiger partial charge in [-0.2, -0.15) is 0 Å². The average molecular weight is 392 g/mol. The van der Waals surface area contributed by atoms with E-state index in [4.69, 9.17) is 0 Å². The predicted molar refractivity (Wildman–Crippen MR) is 118 cm³/mol. The van der Waals surface area contributed by atoms with Gasteiger partial charge in [-0.15, -0.1) is 0 Å². The number of carbonyl (C=O) groups is 1. The number of piperidine rings is 1. The molecule has 1 saturated heterocycles. The summed E-state index contributed by atoms with van der Waals surface area (Å²) in [4.78, 5) is 20.4. The van der Waals surface area contributed by atoms with Crippen LogP contribution in [-0.4, -0.2) is 42.0 Å². The number of carbonyl (C=O) groups excluding carboxylic acids is 1. The molecule has 0 saturated carbocycles. The van der Waals surface area contributed by atoms with Crippen LogP contribution in [0, 0.1) is 6.92 Å². The highest BCUT2D eigenvalue weighted by Gasteiger charge is 2.40. The van der Waals surface area contributed by atoms with Crippen molar-refractivity contribution in [1.82, 2.24) is 9.88 Å². The van der Waals surface area contributed by atoms with Gasteiger partial charge in [0.05, 0.1) is 5.69 Å². The largest absolute Gasteiger partial charge is 0.367 e. The molecule has 0 spiro atoms. The molecule has 1 N–H and O–H groups in total. The zero-order valence-corrected chi connectivity index (χ0v) is 18.1. The number of aryl methyl sites for hydroxylation is 1. The first kappa shape index (κ1) is 18.9. The zero-order valence-electron chi connectivity index (χ0n) is 18.1. The molecule has 0 radical (unpaired) electrons. The minimum Gasteiger partial charge on any atom is -0.367 e. The van der Waals surface area contributed by atoms with Crippen molar-refractivity contribution in [1.29, 1.82) is 0 Å². The molecule has 0 bridgehead atoms. The second kappa shape index (κ2) is 7.02. The molecular formula is C25H33N3O. The van der Waals surface area contributed by atoms with E-state index in [0.717, 1.165) is 25.9 Å². The van der Waals surface area contributed by atoms with Gasteiger partial charge in [-0.3, -0.25) is 4.79 Å². The quantitative estimate of drug-likeness (QED) is 0.843. The minimum atomic E-state index is -0.0508. The van der Waals surface area contributed by atoms with Gasteiger partial charge in [0.1, 0.15) is 0 Å². The number of likely N-dealkylation sites (tertiary alicyclic amines) is 1. The van der Waals surface area contributed by atoms with Gasteiger partial charge in [0.15, 0.2) is 0 Å². The molecular weight excluding hydrogens is 358 g/mol. The van der Waals surface area contributed by atoms with Gasteiger partial charge in [0, 0.05) is 37.3 Å². The van der Waals surface area contributed by atoms with Gasteiger partial charge < -0.3 is 14.8 Å². The third kappa shape index (κ3) is 3.31. The van der Waals surface area contributed by atoms with E-state index < -0.39 is 0 Å². The number of aromatic amines is 1. The van der Waals surface area contributed by atoms with Crippen LogP contribution in [0.4, 0.5) is 5.69 Å². The summed E-state index contributed by atoms with van der Waals surface area (Å²) in [6, 6.07) is 4.78. The smallest absolute Gasteiger partial charge is 0.227 e. The van der Waals surface area contributed by atoms with E-state index in [2.05, 4.69) is 55.2 Å². The second-order valence-electron chi connectivity index (χ2n) is 9.97. The number of aromatic nitrogens is 1. The lowest BCUT2D eigenvalue weighted by Gasteiger charge is -2.37. The van der Waals surface area contributed by atoms with E-state index in [-0.39, 0.29) is 5.41 Å². The number of nitrogens with one attached hydrogen (secondary N) is 1. The van der Waals surface area contributed by atoms with Crippen molar-refractivity contribution in [2.45, 2.75) is 64.2 Å². The number of amides is 1. The van der Waals surface area contributed by atoms with Crippen molar-refractivity contribution in [2.24, 2.45) is 0 Å². The summed E-state index contributed by atoms with van der Waals surface area (Å²) in [7, 11) is 0. The first-order valence-electron chi connectivity index (χ1n) is 11.2. The molecule has 1 aromatic heterocycles. The standard InChI is InChI=1S/C25H33N3O/c1-17-15-26-16-21(17)19-5-9-27(10-6-19)8-4-18-12-20-7-11-28-23(29)14-25(2,3)22(13-18)24(20)28/h12-13,15-16,19,26H,4-11,14H2,1-3H3.